The highest BCUT2D eigenvalue weighted by atomic mass is 35.5. The molecular weight excluding hydrogens is 396 g/mol. The molecule has 2 N–H and O–H groups in total. The van der Waals surface area contributed by atoms with Crippen LogP contribution in [0.1, 0.15) is 17.2 Å². The molecule has 2 amide bonds. The Hall–Kier alpha value is -1.93. The Labute approximate surface area is 174 Å². The molecule has 1 unspecified atom stereocenters. The number of piperazine rings is 1. The molecule has 0 aliphatic carbocycles. The molecule has 28 heavy (non-hydrogen) atoms. The zero-order chi connectivity index (χ0) is 20.1. The van der Waals surface area contributed by atoms with Gasteiger partial charge in [-0.25, -0.2) is 0 Å². The van der Waals surface area contributed by atoms with Crippen LogP contribution in [0, 0.1) is 6.92 Å². The van der Waals surface area contributed by atoms with Gasteiger partial charge in [0.15, 0.2) is 0 Å². The van der Waals surface area contributed by atoms with Crippen molar-refractivity contribution in [1.29, 1.82) is 0 Å². The smallest absolute Gasteiger partial charge is 0.313 e. The van der Waals surface area contributed by atoms with Gasteiger partial charge in [-0.15, -0.1) is 0 Å². The fraction of sp³-hybridized carbons (Fsp3) is 0.400. The van der Waals surface area contributed by atoms with Gasteiger partial charge < -0.3 is 15.5 Å². The summed E-state index contributed by atoms with van der Waals surface area (Å²) in [5, 5.41) is 10.1. The Bertz CT molecular complexity index is 820. The molecule has 0 spiro atoms. The van der Waals surface area contributed by atoms with Crippen molar-refractivity contribution in [2.45, 2.75) is 13.0 Å². The lowest BCUT2D eigenvalue weighted by Gasteiger charge is -2.37. The summed E-state index contributed by atoms with van der Waals surface area (Å²) in [6.07, 6.45) is 0. The van der Waals surface area contributed by atoms with E-state index in [0.29, 0.717) is 17.3 Å². The lowest BCUT2D eigenvalue weighted by Crippen LogP contribution is -2.49. The van der Waals surface area contributed by atoms with E-state index in [9.17, 15) is 9.59 Å². The molecule has 150 valence electrons. The first-order chi connectivity index (χ1) is 13.4. The third kappa shape index (κ3) is 5.32. The van der Waals surface area contributed by atoms with Crippen LogP contribution in [0.25, 0.3) is 0 Å². The number of carbonyl (C=O) groups is 2. The van der Waals surface area contributed by atoms with Crippen LogP contribution in [-0.2, 0) is 9.59 Å². The second-order valence-corrected chi connectivity index (χ2v) is 8.23. The maximum Gasteiger partial charge on any atom is 0.313 e. The fourth-order valence-electron chi connectivity index (χ4n) is 3.18. The number of nitrogens with one attached hydrogen (secondary N) is 2. The number of aryl methyl sites for hydroxylation is 1. The Morgan fingerprint density at radius 1 is 1.18 bits per heavy atom. The minimum atomic E-state index is -0.692. The van der Waals surface area contributed by atoms with Gasteiger partial charge in [0.05, 0.1) is 6.04 Å². The molecule has 0 radical (unpaired) electrons. The highest BCUT2D eigenvalue weighted by Crippen LogP contribution is 2.24. The van der Waals surface area contributed by atoms with Crippen molar-refractivity contribution in [3.8, 4) is 0 Å². The summed E-state index contributed by atoms with van der Waals surface area (Å²) in [6.45, 7) is 6.11. The van der Waals surface area contributed by atoms with Gasteiger partial charge in [0, 0.05) is 43.4 Å². The second kappa shape index (κ2) is 9.52. The lowest BCUT2D eigenvalue weighted by atomic mass is 10.1. The molecule has 1 aromatic heterocycles. The molecule has 2 heterocycles. The molecule has 1 aliphatic heterocycles. The zero-order valence-corrected chi connectivity index (χ0v) is 17.6. The predicted molar refractivity (Wildman–Crippen MR) is 114 cm³/mol. The normalized spacial score (nSPS) is 16.5. The third-order valence-electron chi connectivity index (χ3n) is 5.00. The van der Waals surface area contributed by atoms with Crippen molar-refractivity contribution in [2.24, 2.45) is 0 Å². The maximum atomic E-state index is 12.3. The van der Waals surface area contributed by atoms with Crippen LogP contribution in [0.4, 0.5) is 5.69 Å². The Morgan fingerprint density at radius 2 is 1.93 bits per heavy atom. The average molecular weight is 421 g/mol. The van der Waals surface area contributed by atoms with Crippen molar-refractivity contribution in [3.63, 3.8) is 0 Å². The number of likely N-dealkylation sites (N-methyl/N-ethyl adjacent to an activating group) is 1. The quantitative estimate of drug-likeness (QED) is 0.730. The minimum absolute atomic E-state index is 0.0607. The van der Waals surface area contributed by atoms with E-state index in [1.807, 2.05) is 12.3 Å². The molecule has 1 aliphatic rings. The van der Waals surface area contributed by atoms with E-state index >= 15 is 0 Å². The van der Waals surface area contributed by atoms with Gasteiger partial charge in [-0.3, -0.25) is 14.5 Å². The van der Waals surface area contributed by atoms with Gasteiger partial charge in [0.25, 0.3) is 0 Å². The van der Waals surface area contributed by atoms with E-state index < -0.39 is 11.8 Å². The average Bonchev–Trinajstić information content (AvgIpc) is 3.20. The summed E-state index contributed by atoms with van der Waals surface area (Å²) in [6, 6.07) is 7.31. The van der Waals surface area contributed by atoms with Gasteiger partial charge in [-0.1, -0.05) is 17.7 Å². The van der Waals surface area contributed by atoms with Crippen molar-refractivity contribution in [1.82, 2.24) is 15.1 Å². The van der Waals surface area contributed by atoms with Crippen molar-refractivity contribution in [2.75, 3.05) is 45.1 Å². The molecule has 0 saturated carbocycles. The third-order valence-corrected chi connectivity index (χ3v) is 6.11. The van der Waals surface area contributed by atoms with Gasteiger partial charge in [-0.2, -0.15) is 11.3 Å². The molecule has 6 nitrogen and oxygen atoms in total. The standard InChI is InChI=1S/C20H25ClN4O2S/c1-14-3-4-16(11-17(14)21)23-20(27)19(26)22-12-18(15-5-10-28-13-15)25-8-6-24(2)7-9-25/h3-5,10-11,13,18H,6-9,12H2,1-2H3,(H,22,26)(H,23,27). The summed E-state index contributed by atoms with van der Waals surface area (Å²) < 4.78 is 0. The monoisotopic (exact) mass is 420 g/mol. The largest absolute Gasteiger partial charge is 0.346 e. The molecule has 1 saturated heterocycles. The molecule has 1 fully saturated rings. The second-order valence-electron chi connectivity index (χ2n) is 7.04. The van der Waals surface area contributed by atoms with Crippen molar-refractivity contribution in [3.05, 3.63) is 51.2 Å². The van der Waals surface area contributed by atoms with Gasteiger partial charge >= 0.3 is 11.8 Å². The topological polar surface area (TPSA) is 64.7 Å². The highest BCUT2D eigenvalue weighted by Gasteiger charge is 2.25. The van der Waals surface area contributed by atoms with E-state index in [-0.39, 0.29) is 6.04 Å². The van der Waals surface area contributed by atoms with Crippen LogP contribution < -0.4 is 10.6 Å². The Kier molecular flexibility index (Phi) is 7.07. The number of hydrogen-bond donors (Lipinski definition) is 2. The number of thiophene rings is 1. The molecular formula is C20H25ClN4O2S. The molecule has 8 heteroatoms. The molecule has 3 rings (SSSR count). The summed E-state index contributed by atoms with van der Waals surface area (Å²) in [5.41, 5.74) is 2.58. The summed E-state index contributed by atoms with van der Waals surface area (Å²) >= 11 is 7.71. The molecule has 2 aromatic rings. The minimum Gasteiger partial charge on any atom is -0.346 e. The van der Waals surface area contributed by atoms with Crippen LogP contribution in [0.5, 0.6) is 0 Å². The number of nitrogens with zero attached hydrogens (tertiary/aromatic N) is 2. The lowest BCUT2D eigenvalue weighted by molar-refractivity contribution is -0.136. The number of carbonyl (C=O) groups excluding carboxylic acids is 2. The van der Waals surface area contributed by atoms with E-state index in [2.05, 4.69) is 38.9 Å². The van der Waals surface area contributed by atoms with Crippen molar-refractivity contribution < 1.29 is 9.59 Å². The molecule has 1 aromatic carbocycles. The van der Waals surface area contributed by atoms with Crippen LogP contribution in [0.2, 0.25) is 5.02 Å². The summed E-state index contributed by atoms with van der Waals surface area (Å²) in [5.74, 6) is -1.34. The first-order valence-corrected chi connectivity index (χ1v) is 10.6. The van der Waals surface area contributed by atoms with Gasteiger partial charge in [-0.05, 0) is 54.1 Å². The number of halogens is 1. The Morgan fingerprint density at radius 3 is 2.57 bits per heavy atom. The van der Waals surface area contributed by atoms with Crippen LogP contribution in [0.3, 0.4) is 0 Å². The predicted octanol–water partition coefficient (Wildman–Crippen LogP) is 2.75. The van der Waals surface area contributed by atoms with Gasteiger partial charge in [0.1, 0.15) is 0 Å². The van der Waals surface area contributed by atoms with Gasteiger partial charge in [0.2, 0.25) is 0 Å². The number of hydrogen-bond acceptors (Lipinski definition) is 5. The van der Waals surface area contributed by atoms with Crippen LogP contribution >= 0.6 is 22.9 Å². The number of benzene rings is 1. The SMILES string of the molecule is Cc1ccc(NC(=O)C(=O)NCC(c2ccsc2)N2CCN(C)CC2)cc1Cl. The summed E-state index contributed by atoms with van der Waals surface area (Å²) in [4.78, 5) is 29.2. The Balaban J connectivity index is 1.59. The number of rotatable bonds is 5. The van der Waals surface area contributed by atoms with Crippen LogP contribution in [0.15, 0.2) is 35.0 Å². The zero-order valence-electron chi connectivity index (χ0n) is 16.1. The fourth-order valence-corrected chi connectivity index (χ4v) is 4.07. The van der Waals surface area contributed by atoms with E-state index in [1.165, 1.54) is 5.56 Å². The number of amides is 2. The van der Waals surface area contributed by atoms with E-state index in [4.69, 9.17) is 11.6 Å². The summed E-state index contributed by atoms with van der Waals surface area (Å²) in [7, 11) is 2.11. The van der Waals surface area contributed by atoms with E-state index in [0.717, 1.165) is 31.7 Å². The number of anilines is 1. The van der Waals surface area contributed by atoms with Crippen molar-refractivity contribution >= 4 is 40.4 Å². The molecule has 1 atom stereocenters. The first kappa shape index (κ1) is 20.8. The van der Waals surface area contributed by atoms with E-state index in [1.54, 1.807) is 29.5 Å². The van der Waals surface area contributed by atoms with Crippen LogP contribution in [-0.4, -0.2) is 61.4 Å². The first-order valence-electron chi connectivity index (χ1n) is 9.24. The maximum absolute atomic E-state index is 12.3. The highest BCUT2D eigenvalue weighted by molar-refractivity contribution is 7.08. The molecule has 0 bridgehead atoms.